The van der Waals surface area contributed by atoms with Gasteiger partial charge in [-0.25, -0.2) is 0 Å². The fraction of sp³-hybridized carbons (Fsp3) is 0.562. The average molecular weight is 298 g/mol. The average Bonchev–Trinajstić information content (AvgIpc) is 2.47. The highest BCUT2D eigenvalue weighted by Crippen LogP contribution is 2.22. The van der Waals surface area contributed by atoms with Crippen LogP contribution >= 0.6 is 12.4 Å². The van der Waals surface area contributed by atoms with E-state index in [2.05, 4.69) is 12.2 Å². The summed E-state index contributed by atoms with van der Waals surface area (Å²) in [5, 5.41) is 3.30. The number of carbonyl (C=O) groups excluding carboxylic acids is 1. The fourth-order valence-electron chi connectivity index (χ4n) is 2.48. The molecule has 1 aromatic rings. The molecule has 20 heavy (non-hydrogen) atoms. The van der Waals surface area contributed by atoms with E-state index in [0.717, 1.165) is 43.7 Å². The summed E-state index contributed by atoms with van der Waals surface area (Å²) in [5.74, 6) is 1.45. The summed E-state index contributed by atoms with van der Waals surface area (Å²) < 4.78 is 5.71. The van der Waals surface area contributed by atoms with Gasteiger partial charge in [0.1, 0.15) is 11.5 Å². The molecule has 112 valence electrons. The lowest BCUT2D eigenvalue weighted by atomic mass is 9.90. The molecule has 0 amide bonds. The molecule has 0 saturated carbocycles. The predicted molar refractivity (Wildman–Crippen MR) is 83.8 cm³/mol. The van der Waals surface area contributed by atoms with Crippen LogP contribution in [0.2, 0.25) is 0 Å². The van der Waals surface area contributed by atoms with Crippen LogP contribution in [0.15, 0.2) is 24.3 Å². The third-order valence-corrected chi connectivity index (χ3v) is 3.59. The summed E-state index contributed by atoms with van der Waals surface area (Å²) in [6.45, 7) is 4.72. The number of carbonyl (C=O) groups is 1. The Morgan fingerprint density at radius 2 is 2.00 bits per heavy atom. The van der Waals surface area contributed by atoms with Gasteiger partial charge in [-0.1, -0.05) is 25.1 Å². The van der Waals surface area contributed by atoms with Gasteiger partial charge in [-0.05, 0) is 38.4 Å². The Morgan fingerprint density at radius 3 is 2.70 bits per heavy atom. The van der Waals surface area contributed by atoms with E-state index in [4.69, 9.17) is 4.74 Å². The number of hydrogen-bond donors (Lipinski definition) is 1. The zero-order valence-corrected chi connectivity index (χ0v) is 12.9. The van der Waals surface area contributed by atoms with Gasteiger partial charge in [0.05, 0.1) is 6.61 Å². The van der Waals surface area contributed by atoms with Crippen molar-refractivity contribution in [3.63, 3.8) is 0 Å². The number of ether oxygens (including phenoxy) is 1. The van der Waals surface area contributed by atoms with Crippen molar-refractivity contribution in [3.8, 4) is 5.75 Å². The molecule has 0 spiro atoms. The summed E-state index contributed by atoms with van der Waals surface area (Å²) in [6, 6.07) is 7.90. The second kappa shape index (κ2) is 8.98. The summed E-state index contributed by atoms with van der Waals surface area (Å²) in [5.41, 5.74) is 1.03. The Balaban J connectivity index is 0.00000200. The molecular formula is C16H24ClNO2. The minimum Gasteiger partial charge on any atom is -0.493 e. The second-order valence-electron chi connectivity index (χ2n) is 5.12. The van der Waals surface area contributed by atoms with Gasteiger partial charge in [0, 0.05) is 17.9 Å². The van der Waals surface area contributed by atoms with Crippen molar-refractivity contribution in [3.05, 3.63) is 29.8 Å². The summed E-state index contributed by atoms with van der Waals surface area (Å²) in [7, 11) is 0. The standard InChI is InChI=1S/C16H23NO2.ClH/c1-2-11-19-16-6-4-3-5-14(16)12-15(18)13-7-9-17-10-8-13;/h3-6,13,17H,2,7-12H2,1H3;1H. The first-order valence-corrected chi connectivity index (χ1v) is 7.25. The molecule has 0 radical (unpaired) electrons. The van der Waals surface area contributed by atoms with Crippen molar-refractivity contribution in [1.29, 1.82) is 0 Å². The minimum atomic E-state index is 0. The number of hydrogen-bond acceptors (Lipinski definition) is 3. The highest BCUT2D eigenvalue weighted by atomic mass is 35.5. The molecular weight excluding hydrogens is 274 g/mol. The lowest BCUT2D eigenvalue weighted by Gasteiger charge is -2.21. The van der Waals surface area contributed by atoms with Crippen molar-refractivity contribution in [2.45, 2.75) is 32.6 Å². The van der Waals surface area contributed by atoms with Crippen LogP contribution in [0.25, 0.3) is 0 Å². The van der Waals surface area contributed by atoms with Crippen molar-refractivity contribution in [2.75, 3.05) is 19.7 Å². The number of halogens is 1. The van der Waals surface area contributed by atoms with E-state index in [0.29, 0.717) is 18.8 Å². The molecule has 1 heterocycles. The number of para-hydroxylation sites is 1. The van der Waals surface area contributed by atoms with E-state index >= 15 is 0 Å². The van der Waals surface area contributed by atoms with Crippen LogP contribution in [-0.4, -0.2) is 25.5 Å². The normalized spacial score (nSPS) is 15.4. The number of Topliss-reactive ketones (excluding diaryl/α,β-unsaturated/α-hetero) is 1. The first-order chi connectivity index (χ1) is 9.31. The third kappa shape index (κ3) is 4.80. The van der Waals surface area contributed by atoms with E-state index in [9.17, 15) is 4.79 Å². The van der Waals surface area contributed by atoms with Crippen molar-refractivity contribution in [1.82, 2.24) is 5.32 Å². The highest BCUT2D eigenvalue weighted by molar-refractivity contribution is 5.85. The topological polar surface area (TPSA) is 38.3 Å². The quantitative estimate of drug-likeness (QED) is 0.877. The Kier molecular flexibility index (Phi) is 7.63. The molecule has 1 aromatic carbocycles. The molecule has 0 unspecified atom stereocenters. The molecule has 1 saturated heterocycles. The van der Waals surface area contributed by atoms with Gasteiger partial charge in [-0.3, -0.25) is 4.79 Å². The molecule has 1 fully saturated rings. The minimum absolute atomic E-state index is 0. The molecule has 1 aliphatic heterocycles. The lowest BCUT2D eigenvalue weighted by molar-refractivity contribution is -0.122. The largest absolute Gasteiger partial charge is 0.493 e. The van der Waals surface area contributed by atoms with Crippen LogP contribution in [0.4, 0.5) is 0 Å². The van der Waals surface area contributed by atoms with E-state index in [-0.39, 0.29) is 18.3 Å². The number of piperidine rings is 1. The van der Waals surface area contributed by atoms with Crippen molar-refractivity contribution < 1.29 is 9.53 Å². The van der Waals surface area contributed by atoms with E-state index in [1.807, 2.05) is 24.3 Å². The van der Waals surface area contributed by atoms with Crippen molar-refractivity contribution in [2.24, 2.45) is 5.92 Å². The monoisotopic (exact) mass is 297 g/mol. The molecule has 0 aliphatic carbocycles. The predicted octanol–water partition coefficient (Wildman–Crippen LogP) is 3.01. The van der Waals surface area contributed by atoms with Crippen LogP contribution in [0.3, 0.4) is 0 Å². The molecule has 4 heteroatoms. The molecule has 3 nitrogen and oxygen atoms in total. The van der Waals surface area contributed by atoms with Gasteiger partial charge >= 0.3 is 0 Å². The van der Waals surface area contributed by atoms with Gasteiger partial charge in [0.15, 0.2) is 0 Å². The van der Waals surface area contributed by atoms with E-state index < -0.39 is 0 Å². The number of ketones is 1. The lowest BCUT2D eigenvalue weighted by Crippen LogP contribution is -2.32. The Labute approximate surface area is 127 Å². The zero-order chi connectivity index (χ0) is 13.5. The van der Waals surface area contributed by atoms with Crippen LogP contribution in [0.1, 0.15) is 31.7 Å². The maximum Gasteiger partial charge on any atom is 0.140 e. The molecule has 0 aromatic heterocycles. The maximum atomic E-state index is 12.3. The van der Waals surface area contributed by atoms with Gasteiger partial charge in [-0.2, -0.15) is 0 Å². The number of benzene rings is 1. The maximum absolute atomic E-state index is 12.3. The van der Waals surface area contributed by atoms with Gasteiger partial charge in [0.25, 0.3) is 0 Å². The molecule has 0 bridgehead atoms. The van der Waals surface area contributed by atoms with Crippen LogP contribution < -0.4 is 10.1 Å². The fourth-order valence-corrected chi connectivity index (χ4v) is 2.48. The third-order valence-electron chi connectivity index (χ3n) is 3.59. The zero-order valence-electron chi connectivity index (χ0n) is 12.1. The summed E-state index contributed by atoms with van der Waals surface area (Å²) >= 11 is 0. The summed E-state index contributed by atoms with van der Waals surface area (Å²) in [4.78, 5) is 12.3. The van der Waals surface area contributed by atoms with Gasteiger partial charge in [0.2, 0.25) is 0 Å². The Morgan fingerprint density at radius 1 is 1.30 bits per heavy atom. The Hall–Kier alpha value is -1.06. The van der Waals surface area contributed by atoms with Gasteiger partial charge < -0.3 is 10.1 Å². The molecule has 0 atom stereocenters. The smallest absolute Gasteiger partial charge is 0.140 e. The number of nitrogens with one attached hydrogen (secondary N) is 1. The summed E-state index contributed by atoms with van der Waals surface area (Å²) in [6.07, 6.45) is 3.43. The first kappa shape index (κ1) is 17.0. The van der Waals surface area contributed by atoms with Gasteiger partial charge in [-0.15, -0.1) is 12.4 Å². The van der Waals surface area contributed by atoms with Crippen LogP contribution in [-0.2, 0) is 11.2 Å². The highest BCUT2D eigenvalue weighted by Gasteiger charge is 2.21. The SMILES string of the molecule is CCCOc1ccccc1CC(=O)C1CCNCC1.Cl. The second-order valence-corrected chi connectivity index (χ2v) is 5.12. The van der Waals surface area contributed by atoms with Crippen LogP contribution in [0.5, 0.6) is 5.75 Å². The van der Waals surface area contributed by atoms with Crippen molar-refractivity contribution >= 4 is 18.2 Å². The van der Waals surface area contributed by atoms with E-state index in [1.165, 1.54) is 0 Å². The Bertz CT molecular complexity index is 417. The molecule has 1 N–H and O–H groups in total. The first-order valence-electron chi connectivity index (χ1n) is 7.25. The molecule has 1 aliphatic rings. The number of rotatable bonds is 6. The van der Waals surface area contributed by atoms with Crippen LogP contribution in [0, 0.1) is 5.92 Å². The van der Waals surface area contributed by atoms with E-state index in [1.54, 1.807) is 0 Å². The molecule has 2 rings (SSSR count).